The van der Waals surface area contributed by atoms with Crippen LogP contribution in [0.15, 0.2) is 63.8 Å². The molecule has 1 aliphatic rings. The van der Waals surface area contributed by atoms with E-state index in [1.807, 2.05) is 51.1 Å². The first-order valence-corrected chi connectivity index (χ1v) is 9.17. The largest absolute Gasteiger partial charge is 0.466 e. The molecule has 1 unspecified atom stereocenters. The van der Waals surface area contributed by atoms with Crippen molar-refractivity contribution < 1.29 is 18.4 Å². The van der Waals surface area contributed by atoms with Crippen LogP contribution in [0.5, 0.6) is 0 Å². The fourth-order valence-electron chi connectivity index (χ4n) is 3.47. The molecular formula is C22H22N2O4. The third-order valence-corrected chi connectivity index (χ3v) is 4.61. The van der Waals surface area contributed by atoms with Gasteiger partial charge in [-0.15, -0.1) is 0 Å². The number of nitrogens with zero attached hydrogens (tertiary/aromatic N) is 1. The Hall–Kier alpha value is -3.28. The van der Waals surface area contributed by atoms with Crippen molar-refractivity contribution in [3.8, 4) is 11.1 Å². The first-order chi connectivity index (χ1) is 13.3. The number of rotatable bonds is 3. The summed E-state index contributed by atoms with van der Waals surface area (Å²) >= 11 is 0. The standard InChI is InChI=1S/C22H22N2O4/c1-22(2,3)23-20(25)17-18-15(9-11-27-18)16-10-12-28-19(16)21(26)24(17)13-14-7-5-4-6-8-14/h4-12,17H,13H2,1-3H3,(H,23,25). The molecule has 1 N–H and O–H groups in total. The van der Waals surface area contributed by atoms with Gasteiger partial charge in [0.1, 0.15) is 5.76 Å². The van der Waals surface area contributed by atoms with Crippen molar-refractivity contribution in [1.82, 2.24) is 10.2 Å². The molecule has 0 saturated carbocycles. The first-order valence-electron chi connectivity index (χ1n) is 9.17. The van der Waals surface area contributed by atoms with E-state index in [-0.39, 0.29) is 24.1 Å². The van der Waals surface area contributed by atoms with Gasteiger partial charge in [0, 0.05) is 23.2 Å². The molecule has 0 bridgehead atoms. The van der Waals surface area contributed by atoms with Crippen molar-refractivity contribution in [2.45, 2.75) is 38.9 Å². The van der Waals surface area contributed by atoms with Gasteiger partial charge >= 0.3 is 0 Å². The molecule has 3 aromatic rings. The van der Waals surface area contributed by atoms with Gasteiger partial charge < -0.3 is 19.1 Å². The second-order valence-electron chi connectivity index (χ2n) is 7.92. The Morgan fingerprint density at radius 3 is 2.43 bits per heavy atom. The summed E-state index contributed by atoms with van der Waals surface area (Å²) in [5.41, 5.74) is 1.79. The van der Waals surface area contributed by atoms with E-state index in [2.05, 4.69) is 5.32 Å². The molecule has 1 atom stereocenters. The highest BCUT2D eigenvalue weighted by molar-refractivity contribution is 6.03. The van der Waals surface area contributed by atoms with Gasteiger partial charge in [-0.1, -0.05) is 30.3 Å². The number of fused-ring (bicyclic) bond motifs is 3. The normalized spacial score (nSPS) is 16.3. The lowest BCUT2D eigenvalue weighted by molar-refractivity contribution is -0.128. The minimum atomic E-state index is -0.903. The molecule has 144 valence electrons. The molecule has 2 amide bonds. The van der Waals surface area contributed by atoms with Crippen molar-refractivity contribution in [2.75, 3.05) is 0 Å². The Kier molecular flexibility index (Phi) is 4.34. The van der Waals surface area contributed by atoms with E-state index >= 15 is 0 Å². The highest BCUT2D eigenvalue weighted by atomic mass is 16.3. The third-order valence-electron chi connectivity index (χ3n) is 4.61. The van der Waals surface area contributed by atoms with Gasteiger partial charge in [-0.2, -0.15) is 0 Å². The van der Waals surface area contributed by atoms with Gasteiger partial charge in [-0.05, 0) is 38.5 Å². The van der Waals surface area contributed by atoms with Crippen LogP contribution >= 0.6 is 0 Å². The average Bonchev–Trinajstić information content (AvgIpc) is 3.27. The minimum Gasteiger partial charge on any atom is -0.466 e. The van der Waals surface area contributed by atoms with Crippen LogP contribution in [0.3, 0.4) is 0 Å². The Bertz CT molecular complexity index is 1010. The minimum absolute atomic E-state index is 0.213. The first kappa shape index (κ1) is 18.1. The average molecular weight is 378 g/mol. The number of carbonyl (C=O) groups excluding carboxylic acids is 2. The quantitative estimate of drug-likeness (QED) is 0.743. The van der Waals surface area contributed by atoms with Crippen LogP contribution in [0.4, 0.5) is 0 Å². The zero-order valence-corrected chi connectivity index (χ0v) is 16.1. The molecule has 0 fully saturated rings. The van der Waals surface area contributed by atoms with Crippen LogP contribution in [-0.2, 0) is 11.3 Å². The molecule has 1 aliphatic heterocycles. The van der Waals surface area contributed by atoms with Crippen molar-refractivity contribution >= 4 is 11.8 Å². The summed E-state index contributed by atoms with van der Waals surface area (Å²) < 4.78 is 11.2. The van der Waals surface area contributed by atoms with E-state index in [0.717, 1.165) is 5.56 Å². The van der Waals surface area contributed by atoms with Gasteiger partial charge in [0.15, 0.2) is 11.8 Å². The number of furan rings is 2. The van der Waals surface area contributed by atoms with Gasteiger partial charge in [-0.25, -0.2) is 0 Å². The predicted molar refractivity (Wildman–Crippen MR) is 103 cm³/mol. The predicted octanol–water partition coefficient (Wildman–Crippen LogP) is 4.15. The van der Waals surface area contributed by atoms with Crippen LogP contribution in [0, 0.1) is 0 Å². The fraction of sp³-hybridized carbons (Fsp3) is 0.273. The van der Waals surface area contributed by atoms with Gasteiger partial charge in [0.25, 0.3) is 11.8 Å². The summed E-state index contributed by atoms with van der Waals surface area (Å²) in [6, 6.07) is 12.1. The Labute approximate surface area is 163 Å². The third kappa shape index (κ3) is 3.22. The summed E-state index contributed by atoms with van der Waals surface area (Å²) in [7, 11) is 0. The van der Waals surface area contributed by atoms with Crippen molar-refractivity contribution in [1.29, 1.82) is 0 Å². The maximum Gasteiger partial charge on any atom is 0.291 e. The Balaban J connectivity index is 1.84. The van der Waals surface area contributed by atoms with Crippen LogP contribution in [0.2, 0.25) is 0 Å². The van der Waals surface area contributed by atoms with Gasteiger partial charge in [-0.3, -0.25) is 9.59 Å². The zero-order chi connectivity index (χ0) is 19.9. The van der Waals surface area contributed by atoms with E-state index < -0.39 is 11.6 Å². The van der Waals surface area contributed by atoms with E-state index in [1.54, 1.807) is 12.1 Å². The van der Waals surface area contributed by atoms with E-state index in [4.69, 9.17) is 8.83 Å². The van der Waals surface area contributed by atoms with Crippen LogP contribution in [-0.4, -0.2) is 22.3 Å². The molecule has 1 aromatic carbocycles. The van der Waals surface area contributed by atoms with Crippen molar-refractivity contribution in [2.24, 2.45) is 0 Å². The smallest absolute Gasteiger partial charge is 0.291 e. The van der Waals surface area contributed by atoms with E-state index in [9.17, 15) is 9.59 Å². The number of carbonyl (C=O) groups is 2. The summed E-state index contributed by atoms with van der Waals surface area (Å²) in [6.07, 6.45) is 3.02. The fourth-order valence-corrected chi connectivity index (χ4v) is 3.47. The molecule has 0 saturated heterocycles. The Morgan fingerprint density at radius 2 is 1.71 bits per heavy atom. The molecule has 0 radical (unpaired) electrons. The number of hydrogen-bond donors (Lipinski definition) is 1. The van der Waals surface area contributed by atoms with Gasteiger partial charge in [0.2, 0.25) is 0 Å². The van der Waals surface area contributed by atoms with Crippen LogP contribution < -0.4 is 5.32 Å². The van der Waals surface area contributed by atoms with Crippen molar-refractivity contribution in [3.63, 3.8) is 0 Å². The van der Waals surface area contributed by atoms with Crippen LogP contribution in [0.1, 0.15) is 48.7 Å². The molecule has 3 heterocycles. The van der Waals surface area contributed by atoms with E-state index in [1.165, 1.54) is 17.4 Å². The second-order valence-corrected chi connectivity index (χ2v) is 7.92. The monoisotopic (exact) mass is 378 g/mol. The number of nitrogens with one attached hydrogen (secondary N) is 1. The molecule has 6 nitrogen and oxygen atoms in total. The van der Waals surface area contributed by atoms with Crippen LogP contribution in [0.25, 0.3) is 11.1 Å². The molecule has 0 spiro atoms. The lowest BCUT2D eigenvalue weighted by Gasteiger charge is -2.31. The number of amides is 2. The van der Waals surface area contributed by atoms with E-state index in [0.29, 0.717) is 16.9 Å². The lowest BCUT2D eigenvalue weighted by atomic mass is 10.0. The highest BCUT2D eigenvalue weighted by Crippen LogP contribution is 2.40. The summed E-state index contributed by atoms with van der Waals surface area (Å²) in [4.78, 5) is 28.1. The summed E-state index contributed by atoms with van der Waals surface area (Å²) in [5.74, 6) is 0.0123. The molecule has 2 aromatic heterocycles. The number of benzene rings is 1. The zero-order valence-electron chi connectivity index (χ0n) is 16.1. The van der Waals surface area contributed by atoms with Gasteiger partial charge in [0.05, 0.1) is 12.5 Å². The van der Waals surface area contributed by atoms with Crippen molar-refractivity contribution in [3.05, 3.63) is 72.1 Å². The topological polar surface area (TPSA) is 75.7 Å². The molecule has 0 aliphatic carbocycles. The highest BCUT2D eigenvalue weighted by Gasteiger charge is 2.42. The molecular weight excluding hydrogens is 356 g/mol. The Morgan fingerprint density at radius 1 is 1.04 bits per heavy atom. The SMILES string of the molecule is CC(C)(C)NC(=O)C1c2occc2-c2ccoc2C(=O)N1Cc1ccccc1. The maximum atomic E-state index is 13.4. The lowest BCUT2D eigenvalue weighted by Crippen LogP contribution is -2.48. The molecule has 28 heavy (non-hydrogen) atoms. The molecule has 6 heteroatoms. The summed E-state index contributed by atoms with van der Waals surface area (Å²) in [6.45, 7) is 5.95. The number of hydrogen-bond acceptors (Lipinski definition) is 4. The second kappa shape index (κ2) is 6.71. The maximum absolute atomic E-state index is 13.4. The molecule has 4 rings (SSSR count). The summed E-state index contributed by atoms with van der Waals surface area (Å²) in [5, 5.41) is 2.98.